The second-order valence-corrected chi connectivity index (χ2v) is 5.84. The van der Waals surface area contributed by atoms with Gasteiger partial charge in [0.05, 0.1) is 0 Å². The third-order valence-electron chi connectivity index (χ3n) is 4.41. The summed E-state index contributed by atoms with van der Waals surface area (Å²) in [7, 11) is 1.90. The van der Waals surface area contributed by atoms with E-state index in [4.69, 9.17) is 0 Å². The highest BCUT2D eigenvalue weighted by Crippen LogP contribution is 2.27. The fraction of sp³-hybridized carbons (Fsp3) is 0.562. The maximum atomic E-state index is 12.6. The van der Waals surface area contributed by atoms with Crippen molar-refractivity contribution in [3.8, 4) is 0 Å². The molecule has 20 heavy (non-hydrogen) atoms. The van der Waals surface area contributed by atoms with Gasteiger partial charge in [-0.2, -0.15) is 0 Å². The third-order valence-corrected chi connectivity index (χ3v) is 4.41. The summed E-state index contributed by atoms with van der Waals surface area (Å²) in [4.78, 5) is 17.1. The van der Waals surface area contributed by atoms with E-state index in [0.717, 1.165) is 49.0 Å². The molecule has 0 bridgehead atoms. The summed E-state index contributed by atoms with van der Waals surface area (Å²) in [6.07, 6.45) is 2.69. The maximum absolute atomic E-state index is 12.6. The Balaban J connectivity index is 1.66. The van der Waals surface area contributed by atoms with Crippen molar-refractivity contribution in [3.63, 3.8) is 0 Å². The van der Waals surface area contributed by atoms with Gasteiger partial charge < -0.3 is 10.2 Å². The minimum atomic E-state index is 0.181. The number of hydrogen-bond acceptors (Lipinski definition) is 3. The van der Waals surface area contributed by atoms with Gasteiger partial charge in [-0.3, -0.25) is 9.69 Å². The van der Waals surface area contributed by atoms with Crippen molar-refractivity contribution in [2.75, 3.05) is 38.5 Å². The second-order valence-electron chi connectivity index (χ2n) is 5.84. The number of carbonyl (C=O) groups excluding carboxylic acids is 1. The number of nitrogens with zero attached hydrogens (tertiary/aromatic N) is 2. The Morgan fingerprint density at radius 2 is 1.90 bits per heavy atom. The number of benzene rings is 1. The van der Waals surface area contributed by atoms with Crippen LogP contribution in [-0.4, -0.2) is 55.0 Å². The molecule has 0 spiro atoms. The van der Waals surface area contributed by atoms with Crippen LogP contribution in [0.5, 0.6) is 0 Å². The van der Waals surface area contributed by atoms with Gasteiger partial charge in [-0.05, 0) is 43.5 Å². The molecule has 1 aromatic rings. The highest BCUT2D eigenvalue weighted by atomic mass is 16.2. The molecule has 0 aromatic heterocycles. The molecule has 4 nitrogen and oxygen atoms in total. The Morgan fingerprint density at radius 3 is 2.45 bits per heavy atom. The van der Waals surface area contributed by atoms with Crippen LogP contribution in [0.3, 0.4) is 0 Å². The summed E-state index contributed by atoms with van der Waals surface area (Å²) in [6.45, 7) is 5.80. The van der Waals surface area contributed by atoms with Crippen molar-refractivity contribution in [2.45, 2.75) is 25.8 Å². The summed E-state index contributed by atoms with van der Waals surface area (Å²) in [5.41, 5.74) is 2.94. The lowest BCUT2D eigenvalue weighted by molar-refractivity contribution is 0.0626. The van der Waals surface area contributed by atoms with E-state index in [2.05, 4.69) is 10.2 Å². The number of nitrogens with one attached hydrogen (secondary N) is 1. The number of aryl methyl sites for hydroxylation is 1. The highest BCUT2D eigenvalue weighted by molar-refractivity contribution is 5.96. The molecule has 1 saturated heterocycles. The summed E-state index contributed by atoms with van der Waals surface area (Å²) in [5.74, 6) is 0.181. The Labute approximate surface area is 120 Å². The van der Waals surface area contributed by atoms with E-state index in [9.17, 15) is 4.79 Å². The molecule has 1 aromatic carbocycles. The molecule has 1 aliphatic carbocycles. The Bertz CT molecular complexity index is 502. The summed E-state index contributed by atoms with van der Waals surface area (Å²) in [5, 5.41) is 3.11. The SMILES string of the molecule is CNc1ccc(C(=O)N2CCN(C3CC3)CC2)c(C)c1. The first kappa shape index (κ1) is 13.4. The fourth-order valence-corrected chi connectivity index (χ4v) is 2.96. The lowest BCUT2D eigenvalue weighted by atomic mass is 10.1. The molecule has 1 aliphatic heterocycles. The Hall–Kier alpha value is -1.55. The number of anilines is 1. The van der Waals surface area contributed by atoms with Gasteiger partial charge in [-0.25, -0.2) is 0 Å². The number of piperazine rings is 1. The quantitative estimate of drug-likeness (QED) is 0.914. The van der Waals surface area contributed by atoms with Crippen molar-refractivity contribution in [2.24, 2.45) is 0 Å². The summed E-state index contributed by atoms with van der Waals surface area (Å²) in [6, 6.07) is 6.76. The topological polar surface area (TPSA) is 35.6 Å². The normalized spacial score (nSPS) is 20.0. The van der Waals surface area contributed by atoms with E-state index < -0.39 is 0 Å². The van der Waals surface area contributed by atoms with Gasteiger partial charge >= 0.3 is 0 Å². The molecule has 0 radical (unpaired) electrons. The first-order valence-corrected chi connectivity index (χ1v) is 7.51. The predicted molar refractivity (Wildman–Crippen MR) is 81.2 cm³/mol. The summed E-state index contributed by atoms with van der Waals surface area (Å²) >= 11 is 0. The van der Waals surface area contributed by atoms with E-state index in [-0.39, 0.29) is 5.91 Å². The van der Waals surface area contributed by atoms with E-state index in [0.29, 0.717) is 0 Å². The fourth-order valence-electron chi connectivity index (χ4n) is 2.96. The molecule has 3 rings (SSSR count). The molecule has 1 N–H and O–H groups in total. The smallest absolute Gasteiger partial charge is 0.254 e. The van der Waals surface area contributed by atoms with Crippen LogP contribution >= 0.6 is 0 Å². The molecule has 0 atom stereocenters. The van der Waals surface area contributed by atoms with Crippen molar-refractivity contribution >= 4 is 11.6 Å². The number of hydrogen-bond donors (Lipinski definition) is 1. The number of rotatable bonds is 3. The first-order valence-electron chi connectivity index (χ1n) is 7.51. The Morgan fingerprint density at radius 1 is 1.20 bits per heavy atom. The van der Waals surface area contributed by atoms with Crippen LogP contribution in [0.4, 0.5) is 5.69 Å². The van der Waals surface area contributed by atoms with Crippen LogP contribution in [0.25, 0.3) is 0 Å². The molecule has 1 heterocycles. The van der Waals surface area contributed by atoms with E-state index in [1.807, 2.05) is 37.1 Å². The van der Waals surface area contributed by atoms with Gasteiger partial charge in [0.15, 0.2) is 0 Å². The van der Waals surface area contributed by atoms with Gasteiger partial charge in [0.25, 0.3) is 5.91 Å². The predicted octanol–water partition coefficient (Wildman–Crippen LogP) is 1.96. The lowest BCUT2D eigenvalue weighted by Crippen LogP contribution is -2.49. The third kappa shape index (κ3) is 2.66. The van der Waals surface area contributed by atoms with Crippen molar-refractivity contribution < 1.29 is 4.79 Å². The van der Waals surface area contributed by atoms with Crippen LogP contribution in [0.1, 0.15) is 28.8 Å². The maximum Gasteiger partial charge on any atom is 0.254 e. The zero-order valence-corrected chi connectivity index (χ0v) is 12.4. The van der Waals surface area contributed by atoms with Gasteiger partial charge in [0.1, 0.15) is 0 Å². The van der Waals surface area contributed by atoms with Crippen LogP contribution in [-0.2, 0) is 0 Å². The largest absolute Gasteiger partial charge is 0.388 e. The van der Waals surface area contributed by atoms with Crippen LogP contribution in [0.2, 0.25) is 0 Å². The van der Waals surface area contributed by atoms with Crippen LogP contribution < -0.4 is 5.32 Å². The van der Waals surface area contributed by atoms with Gasteiger partial charge in [-0.15, -0.1) is 0 Å². The molecule has 2 fully saturated rings. The molecular formula is C16H23N3O. The van der Waals surface area contributed by atoms with Crippen molar-refractivity contribution in [1.29, 1.82) is 0 Å². The highest BCUT2D eigenvalue weighted by Gasteiger charge is 2.32. The molecule has 108 valence electrons. The zero-order chi connectivity index (χ0) is 14.1. The first-order chi connectivity index (χ1) is 9.69. The average Bonchev–Trinajstić information content (AvgIpc) is 3.31. The molecule has 2 aliphatic rings. The van der Waals surface area contributed by atoms with E-state index in [1.165, 1.54) is 12.8 Å². The standard InChI is InChI=1S/C16H23N3O/c1-12-11-13(17-2)3-6-15(12)16(20)19-9-7-18(8-10-19)14-4-5-14/h3,6,11,14,17H,4-5,7-10H2,1-2H3. The molecule has 4 heteroatoms. The summed E-state index contributed by atoms with van der Waals surface area (Å²) < 4.78 is 0. The van der Waals surface area contributed by atoms with Gasteiger partial charge in [0, 0.05) is 50.5 Å². The van der Waals surface area contributed by atoms with Gasteiger partial charge in [-0.1, -0.05) is 0 Å². The average molecular weight is 273 g/mol. The lowest BCUT2D eigenvalue weighted by Gasteiger charge is -2.35. The minimum absolute atomic E-state index is 0.181. The number of amides is 1. The van der Waals surface area contributed by atoms with Crippen LogP contribution in [0.15, 0.2) is 18.2 Å². The Kier molecular flexibility index (Phi) is 3.66. The molecule has 1 amide bonds. The van der Waals surface area contributed by atoms with Crippen molar-refractivity contribution in [1.82, 2.24) is 9.80 Å². The number of carbonyl (C=O) groups is 1. The van der Waals surface area contributed by atoms with Crippen molar-refractivity contribution in [3.05, 3.63) is 29.3 Å². The second kappa shape index (κ2) is 5.44. The minimum Gasteiger partial charge on any atom is -0.388 e. The van der Waals surface area contributed by atoms with Crippen LogP contribution in [0, 0.1) is 6.92 Å². The molecule has 1 saturated carbocycles. The van der Waals surface area contributed by atoms with Gasteiger partial charge in [0.2, 0.25) is 0 Å². The monoisotopic (exact) mass is 273 g/mol. The van der Waals surface area contributed by atoms with E-state index >= 15 is 0 Å². The molecule has 0 unspecified atom stereocenters. The van der Waals surface area contributed by atoms with E-state index in [1.54, 1.807) is 0 Å². The molecular weight excluding hydrogens is 250 g/mol. The zero-order valence-electron chi connectivity index (χ0n) is 12.4.